The Hall–Kier alpha value is -0.340. The van der Waals surface area contributed by atoms with Crippen molar-refractivity contribution in [2.45, 2.75) is 31.7 Å². The van der Waals surface area contributed by atoms with Gasteiger partial charge in [0, 0.05) is 26.2 Å². The Kier molecular flexibility index (Phi) is 8.71. The van der Waals surface area contributed by atoms with Crippen molar-refractivity contribution >= 4 is 41.3 Å². The zero-order chi connectivity index (χ0) is 15.2. The summed E-state index contributed by atoms with van der Waals surface area (Å²) >= 11 is 1.76. The summed E-state index contributed by atoms with van der Waals surface area (Å²) < 4.78 is 0. The minimum atomic E-state index is 0. The first kappa shape index (κ1) is 19.7. The Morgan fingerprint density at radius 2 is 2.05 bits per heavy atom. The van der Waals surface area contributed by atoms with Gasteiger partial charge in [-0.15, -0.1) is 24.0 Å². The zero-order valence-electron chi connectivity index (χ0n) is 14.0. The van der Waals surface area contributed by atoms with Gasteiger partial charge >= 0.3 is 0 Å². The van der Waals surface area contributed by atoms with E-state index in [2.05, 4.69) is 58.4 Å². The Morgan fingerprint density at radius 1 is 1.36 bits per heavy atom. The van der Waals surface area contributed by atoms with Crippen LogP contribution in [-0.4, -0.2) is 51.1 Å². The highest BCUT2D eigenvalue weighted by molar-refractivity contribution is 14.0. The molecule has 0 bridgehead atoms. The molecule has 2 rings (SSSR count). The summed E-state index contributed by atoms with van der Waals surface area (Å²) in [7, 11) is 6.17. The summed E-state index contributed by atoms with van der Waals surface area (Å²) in [5.41, 5.74) is 1.40. The number of thiophene rings is 1. The fraction of sp³-hybridized carbons (Fsp3) is 0.688. The predicted molar refractivity (Wildman–Crippen MR) is 108 cm³/mol. The standard InChI is InChI=1S/C16H28N4S.HI/c1-12(14-7-8-21-11-14)9-18-16(17-2)19-10-15(20(3)4)13-5-6-13;/h7-8,11-13,15H,5-6,9-10H2,1-4H3,(H2,17,18,19);1H. The molecule has 0 aromatic carbocycles. The molecule has 1 aliphatic carbocycles. The quantitative estimate of drug-likeness (QED) is 0.392. The average Bonchev–Trinajstić information content (AvgIpc) is 3.14. The molecule has 2 unspecified atom stereocenters. The lowest BCUT2D eigenvalue weighted by Gasteiger charge is -2.25. The summed E-state index contributed by atoms with van der Waals surface area (Å²) in [6.45, 7) is 4.12. The van der Waals surface area contributed by atoms with Crippen LogP contribution < -0.4 is 10.6 Å². The molecule has 1 aliphatic rings. The number of nitrogens with zero attached hydrogens (tertiary/aromatic N) is 2. The number of hydrogen-bond acceptors (Lipinski definition) is 3. The van der Waals surface area contributed by atoms with E-state index < -0.39 is 0 Å². The molecule has 2 N–H and O–H groups in total. The van der Waals surface area contributed by atoms with Crippen LogP contribution in [0.25, 0.3) is 0 Å². The van der Waals surface area contributed by atoms with Gasteiger partial charge in [-0.1, -0.05) is 6.92 Å². The van der Waals surface area contributed by atoms with Gasteiger partial charge in [-0.2, -0.15) is 11.3 Å². The molecule has 1 aromatic rings. The van der Waals surface area contributed by atoms with Gasteiger partial charge in [0.15, 0.2) is 5.96 Å². The third-order valence-corrected chi connectivity index (χ3v) is 4.92. The lowest BCUT2D eigenvalue weighted by Crippen LogP contribution is -2.46. The van der Waals surface area contributed by atoms with Crippen LogP contribution in [-0.2, 0) is 0 Å². The minimum Gasteiger partial charge on any atom is -0.356 e. The van der Waals surface area contributed by atoms with Crippen LogP contribution in [0.3, 0.4) is 0 Å². The van der Waals surface area contributed by atoms with Crippen molar-refractivity contribution in [3.8, 4) is 0 Å². The molecule has 1 aromatic heterocycles. The van der Waals surface area contributed by atoms with E-state index in [0.29, 0.717) is 12.0 Å². The number of halogens is 1. The second-order valence-corrected chi connectivity index (χ2v) is 6.94. The predicted octanol–water partition coefficient (Wildman–Crippen LogP) is 2.97. The first-order valence-electron chi connectivity index (χ1n) is 7.74. The van der Waals surface area contributed by atoms with Gasteiger partial charge in [-0.05, 0) is 61.2 Å². The van der Waals surface area contributed by atoms with Crippen LogP contribution in [0.5, 0.6) is 0 Å². The molecule has 0 amide bonds. The molecule has 1 fully saturated rings. The van der Waals surface area contributed by atoms with Crippen LogP contribution in [0.4, 0.5) is 0 Å². The molecule has 2 atom stereocenters. The topological polar surface area (TPSA) is 39.7 Å². The summed E-state index contributed by atoms with van der Waals surface area (Å²) in [6, 6.07) is 2.81. The normalized spacial score (nSPS) is 17.8. The van der Waals surface area contributed by atoms with Crippen molar-refractivity contribution in [1.29, 1.82) is 0 Å². The second kappa shape index (κ2) is 9.72. The van der Waals surface area contributed by atoms with Crippen molar-refractivity contribution in [3.05, 3.63) is 22.4 Å². The lowest BCUT2D eigenvalue weighted by molar-refractivity contribution is 0.264. The zero-order valence-corrected chi connectivity index (χ0v) is 17.2. The Labute approximate surface area is 155 Å². The Morgan fingerprint density at radius 3 is 2.55 bits per heavy atom. The van der Waals surface area contributed by atoms with Crippen molar-refractivity contribution in [2.75, 3.05) is 34.2 Å². The monoisotopic (exact) mass is 436 g/mol. The SMILES string of the molecule is CN=C(NCC(C)c1ccsc1)NCC(C1CC1)N(C)C.I. The van der Waals surface area contributed by atoms with Gasteiger partial charge in [-0.3, -0.25) is 4.99 Å². The van der Waals surface area contributed by atoms with E-state index in [1.807, 2.05) is 7.05 Å². The van der Waals surface area contributed by atoms with Gasteiger partial charge in [-0.25, -0.2) is 0 Å². The molecule has 22 heavy (non-hydrogen) atoms. The van der Waals surface area contributed by atoms with E-state index in [-0.39, 0.29) is 24.0 Å². The molecular formula is C16H29IN4S. The van der Waals surface area contributed by atoms with Crippen LogP contribution in [0.2, 0.25) is 0 Å². The van der Waals surface area contributed by atoms with E-state index in [4.69, 9.17) is 0 Å². The van der Waals surface area contributed by atoms with E-state index in [9.17, 15) is 0 Å². The third-order valence-electron chi connectivity index (χ3n) is 4.22. The number of rotatable bonds is 7. The second-order valence-electron chi connectivity index (χ2n) is 6.16. The van der Waals surface area contributed by atoms with Gasteiger partial charge in [0.1, 0.15) is 0 Å². The largest absolute Gasteiger partial charge is 0.356 e. The third kappa shape index (κ3) is 6.04. The molecule has 4 nitrogen and oxygen atoms in total. The molecule has 126 valence electrons. The van der Waals surface area contributed by atoms with E-state index in [1.165, 1.54) is 18.4 Å². The molecule has 1 heterocycles. The first-order valence-corrected chi connectivity index (χ1v) is 8.69. The maximum atomic E-state index is 4.33. The highest BCUT2D eigenvalue weighted by Gasteiger charge is 2.32. The van der Waals surface area contributed by atoms with Crippen molar-refractivity contribution in [2.24, 2.45) is 10.9 Å². The van der Waals surface area contributed by atoms with Crippen LogP contribution in [0.15, 0.2) is 21.8 Å². The summed E-state index contributed by atoms with van der Waals surface area (Å²) in [5.74, 6) is 2.27. The van der Waals surface area contributed by atoms with Crippen LogP contribution in [0, 0.1) is 5.92 Å². The van der Waals surface area contributed by atoms with Crippen molar-refractivity contribution < 1.29 is 0 Å². The van der Waals surface area contributed by atoms with Crippen molar-refractivity contribution in [1.82, 2.24) is 15.5 Å². The van der Waals surface area contributed by atoms with E-state index in [0.717, 1.165) is 25.0 Å². The highest BCUT2D eigenvalue weighted by Crippen LogP contribution is 2.34. The number of aliphatic imine (C=N–C) groups is 1. The van der Waals surface area contributed by atoms with Gasteiger partial charge < -0.3 is 15.5 Å². The van der Waals surface area contributed by atoms with Gasteiger partial charge in [0.25, 0.3) is 0 Å². The molecule has 6 heteroatoms. The fourth-order valence-corrected chi connectivity index (χ4v) is 3.38. The Bertz CT molecular complexity index is 441. The maximum absolute atomic E-state index is 4.33. The first-order chi connectivity index (χ1) is 10.1. The molecule has 0 aliphatic heterocycles. The molecule has 1 saturated carbocycles. The molecule has 0 saturated heterocycles. The van der Waals surface area contributed by atoms with E-state index in [1.54, 1.807) is 11.3 Å². The van der Waals surface area contributed by atoms with Crippen molar-refractivity contribution in [3.63, 3.8) is 0 Å². The maximum Gasteiger partial charge on any atom is 0.191 e. The van der Waals surface area contributed by atoms with Gasteiger partial charge in [0.2, 0.25) is 0 Å². The van der Waals surface area contributed by atoms with Crippen LogP contribution >= 0.6 is 35.3 Å². The number of likely N-dealkylation sites (N-methyl/N-ethyl adjacent to an activating group) is 1. The lowest BCUT2D eigenvalue weighted by atomic mass is 10.1. The van der Waals surface area contributed by atoms with E-state index >= 15 is 0 Å². The Balaban J connectivity index is 0.00000242. The molecular weight excluding hydrogens is 407 g/mol. The summed E-state index contributed by atoms with van der Waals surface area (Å²) in [5, 5.41) is 11.3. The fourth-order valence-electron chi connectivity index (χ4n) is 2.60. The summed E-state index contributed by atoms with van der Waals surface area (Å²) in [4.78, 5) is 6.66. The summed E-state index contributed by atoms with van der Waals surface area (Å²) in [6.07, 6.45) is 2.73. The smallest absolute Gasteiger partial charge is 0.191 e. The molecule has 0 radical (unpaired) electrons. The number of nitrogens with one attached hydrogen (secondary N) is 2. The van der Waals surface area contributed by atoms with Gasteiger partial charge in [0.05, 0.1) is 0 Å². The van der Waals surface area contributed by atoms with Crippen LogP contribution in [0.1, 0.15) is 31.2 Å². The average molecular weight is 436 g/mol. The number of guanidine groups is 1. The minimum absolute atomic E-state index is 0. The molecule has 0 spiro atoms. The highest BCUT2D eigenvalue weighted by atomic mass is 127. The number of hydrogen-bond donors (Lipinski definition) is 2.